The molecular formula is C9H16N4OS. The highest BCUT2D eigenvalue weighted by Gasteiger charge is 2.07. The quantitative estimate of drug-likeness (QED) is 0.767. The van der Waals surface area contributed by atoms with Crippen molar-refractivity contribution in [3.05, 3.63) is 5.51 Å². The molecule has 0 aliphatic heterocycles. The average molecular weight is 228 g/mol. The number of amides is 1. The van der Waals surface area contributed by atoms with Gasteiger partial charge in [0.15, 0.2) is 0 Å². The molecule has 1 aromatic rings. The Morgan fingerprint density at radius 3 is 3.07 bits per heavy atom. The molecule has 1 heterocycles. The fourth-order valence-corrected chi connectivity index (χ4v) is 1.68. The maximum absolute atomic E-state index is 11.4. The molecule has 84 valence electrons. The van der Waals surface area contributed by atoms with Crippen LogP contribution in [0.15, 0.2) is 5.51 Å². The van der Waals surface area contributed by atoms with Crippen molar-refractivity contribution in [2.75, 3.05) is 11.9 Å². The monoisotopic (exact) mass is 228 g/mol. The fraction of sp³-hybridized carbons (Fsp3) is 0.667. The zero-order valence-corrected chi connectivity index (χ0v) is 9.59. The minimum Gasteiger partial charge on any atom is -0.330 e. The van der Waals surface area contributed by atoms with Crippen LogP contribution in [0.25, 0.3) is 0 Å². The Morgan fingerprint density at radius 2 is 2.47 bits per heavy atom. The molecule has 6 heteroatoms. The van der Waals surface area contributed by atoms with Gasteiger partial charge in [0.1, 0.15) is 5.51 Å². The summed E-state index contributed by atoms with van der Waals surface area (Å²) >= 11 is 1.32. The van der Waals surface area contributed by atoms with Gasteiger partial charge in [-0.3, -0.25) is 4.79 Å². The van der Waals surface area contributed by atoms with E-state index in [1.54, 1.807) is 5.51 Å². The second-order valence-corrected chi connectivity index (χ2v) is 4.35. The third-order valence-corrected chi connectivity index (χ3v) is 2.74. The first-order valence-electron chi connectivity index (χ1n) is 4.98. The van der Waals surface area contributed by atoms with E-state index in [-0.39, 0.29) is 5.91 Å². The van der Waals surface area contributed by atoms with Crippen LogP contribution < -0.4 is 11.1 Å². The number of nitrogens with zero attached hydrogens (tertiary/aromatic N) is 2. The van der Waals surface area contributed by atoms with Crippen LogP contribution in [-0.2, 0) is 4.79 Å². The summed E-state index contributed by atoms with van der Waals surface area (Å²) < 4.78 is 0. The van der Waals surface area contributed by atoms with Crippen LogP contribution in [0, 0.1) is 5.92 Å². The van der Waals surface area contributed by atoms with Crippen LogP contribution in [0.5, 0.6) is 0 Å². The number of carbonyl (C=O) groups excluding carboxylic acids is 1. The first-order chi connectivity index (χ1) is 7.22. The molecule has 0 aliphatic carbocycles. The van der Waals surface area contributed by atoms with E-state index in [4.69, 9.17) is 5.73 Å². The fourth-order valence-electron chi connectivity index (χ4n) is 1.22. The van der Waals surface area contributed by atoms with Crippen LogP contribution in [0.2, 0.25) is 0 Å². The van der Waals surface area contributed by atoms with Crippen molar-refractivity contribution >= 4 is 22.4 Å². The largest absolute Gasteiger partial charge is 0.330 e. The molecule has 3 N–H and O–H groups in total. The van der Waals surface area contributed by atoms with Crippen LogP contribution >= 0.6 is 11.3 Å². The molecular weight excluding hydrogens is 212 g/mol. The van der Waals surface area contributed by atoms with Crippen molar-refractivity contribution in [3.8, 4) is 0 Å². The predicted octanol–water partition coefficient (Wildman–Crippen LogP) is 1.24. The third-order valence-electron chi connectivity index (χ3n) is 2.13. The van der Waals surface area contributed by atoms with Gasteiger partial charge < -0.3 is 11.1 Å². The Balaban J connectivity index is 2.19. The van der Waals surface area contributed by atoms with Gasteiger partial charge in [-0.2, -0.15) is 0 Å². The zero-order valence-electron chi connectivity index (χ0n) is 8.77. The van der Waals surface area contributed by atoms with Gasteiger partial charge in [-0.15, -0.1) is 10.2 Å². The molecule has 0 bridgehead atoms. The van der Waals surface area contributed by atoms with Gasteiger partial charge in [0, 0.05) is 6.42 Å². The summed E-state index contributed by atoms with van der Waals surface area (Å²) in [5, 5.41) is 10.6. The van der Waals surface area contributed by atoms with E-state index in [1.807, 2.05) is 0 Å². The van der Waals surface area contributed by atoms with Crippen LogP contribution in [0.4, 0.5) is 5.13 Å². The van der Waals surface area contributed by atoms with E-state index in [0.717, 1.165) is 12.8 Å². The molecule has 1 unspecified atom stereocenters. The molecule has 5 nitrogen and oxygen atoms in total. The average Bonchev–Trinajstić information content (AvgIpc) is 2.68. The molecule has 1 aromatic heterocycles. The van der Waals surface area contributed by atoms with E-state index in [9.17, 15) is 4.79 Å². The summed E-state index contributed by atoms with van der Waals surface area (Å²) in [5.74, 6) is 0.491. The predicted molar refractivity (Wildman–Crippen MR) is 60.6 cm³/mol. The minimum atomic E-state index is -0.00405. The number of anilines is 1. The number of nitrogens with one attached hydrogen (secondary N) is 1. The molecule has 1 rings (SSSR count). The highest BCUT2D eigenvalue weighted by atomic mass is 32.1. The lowest BCUT2D eigenvalue weighted by Crippen LogP contribution is -2.13. The van der Waals surface area contributed by atoms with Gasteiger partial charge in [0.25, 0.3) is 0 Å². The molecule has 15 heavy (non-hydrogen) atoms. The van der Waals surface area contributed by atoms with Gasteiger partial charge >= 0.3 is 0 Å². The summed E-state index contributed by atoms with van der Waals surface area (Å²) in [6, 6.07) is 0. The summed E-state index contributed by atoms with van der Waals surface area (Å²) in [4.78, 5) is 11.4. The SMILES string of the molecule is CC(CCN)CCC(=O)Nc1nncs1. The van der Waals surface area contributed by atoms with Gasteiger partial charge in [-0.1, -0.05) is 18.3 Å². The Labute approximate surface area is 93.1 Å². The first kappa shape index (κ1) is 12.1. The second kappa shape index (κ2) is 6.47. The molecule has 0 aliphatic rings. The van der Waals surface area contributed by atoms with Crippen LogP contribution in [0.3, 0.4) is 0 Å². The maximum Gasteiger partial charge on any atom is 0.226 e. The first-order valence-corrected chi connectivity index (χ1v) is 5.86. The van der Waals surface area contributed by atoms with Crippen molar-refractivity contribution in [3.63, 3.8) is 0 Å². The highest BCUT2D eigenvalue weighted by Crippen LogP contribution is 2.12. The molecule has 0 saturated heterocycles. The van der Waals surface area contributed by atoms with Crippen molar-refractivity contribution in [1.29, 1.82) is 0 Å². The number of carbonyl (C=O) groups is 1. The van der Waals surface area contributed by atoms with Gasteiger partial charge in [-0.05, 0) is 25.3 Å². The lowest BCUT2D eigenvalue weighted by atomic mass is 10.0. The Kier molecular flexibility index (Phi) is 5.20. The van der Waals surface area contributed by atoms with Crippen molar-refractivity contribution in [1.82, 2.24) is 10.2 Å². The van der Waals surface area contributed by atoms with Gasteiger partial charge in [0.2, 0.25) is 11.0 Å². The lowest BCUT2D eigenvalue weighted by Gasteiger charge is -2.08. The van der Waals surface area contributed by atoms with Gasteiger partial charge in [-0.25, -0.2) is 0 Å². The van der Waals surface area contributed by atoms with Crippen LogP contribution in [0.1, 0.15) is 26.2 Å². The summed E-state index contributed by atoms with van der Waals surface area (Å²) in [7, 11) is 0. The number of hydrogen-bond acceptors (Lipinski definition) is 5. The number of aromatic nitrogens is 2. The van der Waals surface area contributed by atoms with Crippen LogP contribution in [-0.4, -0.2) is 22.6 Å². The summed E-state index contributed by atoms with van der Waals surface area (Å²) in [5.41, 5.74) is 7.02. The van der Waals surface area contributed by atoms with E-state index in [2.05, 4.69) is 22.4 Å². The van der Waals surface area contributed by atoms with E-state index < -0.39 is 0 Å². The standard InChI is InChI=1S/C9H16N4OS/c1-7(4-5-10)2-3-8(14)12-9-13-11-6-15-9/h6-7H,2-5,10H2,1H3,(H,12,13,14). The van der Waals surface area contributed by atoms with Gasteiger partial charge in [0.05, 0.1) is 0 Å². The third kappa shape index (κ3) is 4.85. The molecule has 0 fully saturated rings. The van der Waals surface area contributed by atoms with Crippen molar-refractivity contribution in [2.24, 2.45) is 11.7 Å². The molecule has 0 saturated carbocycles. The summed E-state index contributed by atoms with van der Waals surface area (Å²) in [6.07, 6.45) is 2.34. The van der Waals surface area contributed by atoms with Crippen molar-refractivity contribution in [2.45, 2.75) is 26.2 Å². The van der Waals surface area contributed by atoms with E-state index in [0.29, 0.717) is 24.0 Å². The minimum absolute atomic E-state index is 0.00405. The molecule has 0 spiro atoms. The Hall–Kier alpha value is -1.01. The van der Waals surface area contributed by atoms with E-state index in [1.165, 1.54) is 11.3 Å². The van der Waals surface area contributed by atoms with Crippen molar-refractivity contribution < 1.29 is 4.79 Å². The normalized spacial score (nSPS) is 12.4. The number of nitrogens with two attached hydrogens (primary N) is 1. The molecule has 0 radical (unpaired) electrons. The highest BCUT2D eigenvalue weighted by molar-refractivity contribution is 7.13. The molecule has 0 aromatic carbocycles. The summed E-state index contributed by atoms with van der Waals surface area (Å²) in [6.45, 7) is 2.78. The Morgan fingerprint density at radius 1 is 1.67 bits per heavy atom. The zero-order chi connectivity index (χ0) is 11.1. The molecule has 1 amide bonds. The number of rotatable bonds is 6. The molecule has 1 atom stereocenters. The second-order valence-electron chi connectivity index (χ2n) is 3.51. The van der Waals surface area contributed by atoms with E-state index >= 15 is 0 Å². The smallest absolute Gasteiger partial charge is 0.226 e. The lowest BCUT2D eigenvalue weighted by molar-refractivity contribution is -0.116. The number of hydrogen-bond donors (Lipinski definition) is 2. The maximum atomic E-state index is 11.4. The Bertz CT molecular complexity index is 288. The topological polar surface area (TPSA) is 80.9 Å².